The largest absolute Gasteiger partial charge is 0.378 e. The van der Waals surface area contributed by atoms with Gasteiger partial charge in [-0.25, -0.2) is 8.78 Å². The van der Waals surface area contributed by atoms with Gasteiger partial charge in [-0.3, -0.25) is 4.90 Å². The Labute approximate surface area is 65.1 Å². The molecule has 0 aliphatic carbocycles. The zero-order valence-electron chi connectivity index (χ0n) is 6.59. The van der Waals surface area contributed by atoms with Crippen LogP contribution in [0.3, 0.4) is 0 Å². The molecule has 0 bridgehead atoms. The highest BCUT2D eigenvalue weighted by molar-refractivity contribution is 4.74. The Morgan fingerprint density at radius 3 is 2.55 bits per heavy atom. The Morgan fingerprint density at radius 1 is 1.55 bits per heavy atom. The van der Waals surface area contributed by atoms with Gasteiger partial charge in [0.2, 0.25) is 6.43 Å². The fourth-order valence-corrected chi connectivity index (χ4v) is 0.962. The lowest BCUT2D eigenvalue weighted by atomic mass is 10.2. The highest BCUT2D eigenvalue weighted by Gasteiger charge is 2.23. The topological polar surface area (TPSA) is 12.5 Å². The first-order valence-electron chi connectivity index (χ1n) is 3.76. The summed E-state index contributed by atoms with van der Waals surface area (Å²) in [7, 11) is 1.86. The number of hydrogen-bond donors (Lipinski definition) is 0. The molecular formula is C7H13F2NO. The molecule has 1 aliphatic heterocycles. The van der Waals surface area contributed by atoms with Crippen molar-refractivity contribution in [3.63, 3.8) is 0 Å². The van der Waals surface area contributed by atoms with Crippen molar-refractivity contribution in [2.75, 3.05) is 26.8 Å². The van der Waals surface area contributed by atoms with E-state index >= 15 is 0 Å². The van der Waals surface area contributed by atoms with Crippen LogP contribution in [0.1, 0.15) is 6.42 Å². The SMILES string of the molecule is CN(CCC(F)F)C1COC1. The van der Waals surface area contributed by atoms with E-state index in [1.54, 1.807) is 0 Å². The third-order valence-corrected chi connectivity index (χ3v) is 1.94. The molecule has 0 spiro atoms. The van der Waals surface area contributed by atoms with Crippen LogP contribution in [0.4, 0.5) is 8.78 Å². The second kappa shape index (κ2) is 3.97. The molecule has 0 atom stereocenters. The van der Waals surface area contributed by atoms with Crippen LogP contribution in [-0.4, -0.2) is 44.2 Å². The lowest BCUT2D eigenvalue weighted by molar-refractivity contribution is -0.0594. The minimum absolute atomic E-state index is 0.0347. The van der Waals surface area contributed by atoms with Gasteiger partial charge in [0.1, 0.15) is 0 Å². The van der Waals surface area contributed by atoms with Crippen molar-refractivity contribution in [1.82, 2.24) is 4.90 Å². The van der Waals surface area contributed by atoms with Gasteiger partial charge in [0.15, 0.2) is 0 Å². The summed E-state index contributed by atoms with van der Waals surface area (Å²) in [4.78, 5) is 1.93. The number of halogens is 2. The molecule has 1 fully saturated rings. The van der Waals surface area contributed by atoms with Crippen molar-refractivity contribution in [3.05, 3.63) is 0 Å². The quantitative estimate of drug-likeness (QED) is 0.615. The number of alkyl halides is 2. The van der Waals surface area contributed by atoms with Crippen LogP contribution >= 0.6 is 0 Å². The molecule has 1 heterocycles. The highest BCUT2D eigenvalue weighted by atomic mass is 19.3. The van der Waals surface area contributed by atoms with Gasteiger partial charge in [0.05, 0.1) is 19.3 Å². The van der Waals surface area contributed by atoms with Gasteiger partial charge in [-0.05, 0) is 7.05 Å². The zero-order chi connectivity index (χ0) is 8.27. The third kappa shape index (κ3) is 2.71. The van der Waals surface area contributed by atoms with Crippen molar-refractivity contribution in [1.29, 1.82) is 0 Å². The average Bonchev–Trinajstić information content (AvgIpc) is 1.79. The summed E-state index contributed by atoms with van der Waals surface area (Å²) in [5.41, 5.74) is 0. The third-order valence-electron chi connectivity index (χ3n) is 1.94. The number of ether oxygens (including phenoxy) is 1. The molecule has 1 rings (SSSR count). The first kappa shape index (κ1) is 8.87. The summed E-state index contributed by atoms with van der Waals surface area (Å²) in [5.74, 6) is 0. The standard InChI is InChI=1S/C7H13F2NO/c1-10(3-2-7(8)9)6-4-11-5-6/h6-7H,2-5H2,1H3. The average molecular weight is 165 g/mol. The highest BCUT2D eigenvalue weighted by Crippen LogP contribution is 2.09. The fraction of sp³-hybridized carbons (Fsp3) is 1.00. The Morgan fingerprint density at radius 2 is 2.18 bits per heavy atom. The molecule has 2 nitrogen and oxygen atoms in total. The maximum atomic E-state index is 11.7. The monoisotopic (exact) mass is 165 g/mol. The second-order valence-electron chi connectivity index (χ2n) is 2.85. The van der Waals surface area contributed by atoms with Crippen LogP contribution in [0, 0.1) is 0 Å². The molecule has 1 saturated heterocycles. The Kier molecular flexibility index (Phi) is 3.20. The summed E-state index contributed by atoms with van der Waals surface area (Å²) in [6.07, 6.45) is -2.22. The van der Waals surface area contributed by atoms with E-state index in [4.69, 9.17) is 4.74 Å². The van der Waals surface area contributed by atoms with Gasteiger partial charge in [-0.2, -0.15) is 0 Å². The predicted octanol–water partition coefficient (Wildman–Crippen LogP) is 0.972. The number of nitrogens with zero attached hydrogens (tertiary/aromatic N) is 1. The van der Waals surface area contributed by atoms with Crippen LogP contribution in [0.5, 0.6) is 0 Å². The first-order valence-corrected chi connectivity index (χ1v) is 3.76. The van der Waals surface area contributed by atoms with Crippen molar-refractivity contribution >= 4 is 0 Å². The summed E-state index contributed by atoms with van der Waals surface area (Å²) < 4.78 is 28.4. The number of hydrogen-bond acceptors (Lipinski definition) is 2. The minimum Gasteiger partial charge on any atom is -0.378 e. The molecule has 0 aromatic carbocycles. The van der Waals surface area contributed by atoms with E-state index in [1.807, 2.05) is 11.9 Å². The van der Waals surface area contributed by atoms with Crippen LogP contribution in [-0.2, 0) is 4.74 Å². The van der Waals surface area contributed by atoms with Crippen LogP contribution in [0.2, 0.25) is 0 Å². The Hall–Kier alpha value is -0.220. The number of rotatable bonds is 4. The van der Waals surface area contributed by atoms with Crippen molar-refractivity contribution < 1.29 is 13.5 Å². The molecule has 0 amide bonds. The van der Waals surface area contributed by atoms with E-state index in [0.29, 0.717) is 25.8 Å². The summed E-state index contributed by atoms with van der Waals surface area (Å²) in [5, 5.41) is 0. The van der Waals surface area contributed by atoms with E-state index in [2.05, 4.69) is 0 Å². The molecule has 0 unspecified atom stereocenters. The van der Waals surface area contributed by atoms with Crippen molar-refractivity contribution in [2.45, 2.75) is 18.9 Å². The lowest BCUT2D eigenvalue weighted by Gasteiger charge is -2.34. The normalized spacial score (nSPS) is 19.4. The molecule has 66 valence electrons. The number of likely N-dealkylation sites (N-methyl/N-ethyl adjacent to an activating group) is 1. The van der Waals surface area contributed by atoms with Gasteiger partial charge in [0.25, 0.3) is 0 Å². The van der Waals surface area contributed by atoms with Gasteiger partial charge in [-0.15, -0.1) is 0 Å². The van der Waals surface area contributed by atoms with Crippen LogP contribution in [0.15, 0.2) is 0 Å². The molecule has 11 heavy (non-hydrogen) atoms. The van der Waals surface area contributed by atoms with Crippen LogP contribution in [0.25, 0.3) is 0 Å². The fourth-order valence-electron chi connectivity index (χ4n) is 0.962. The van der Waals surface area contributed by atoms with E-state index in [-0.39, 0.29) is 6.42 Å². The smallest absolute Gasteiger partial charge is 0.239 e. The predicted molar refractivity (Wildman–Crippen MR) is 37.9 cm³/mol. The van der Waals surface area contributed by atoms with Gasteiger partial charge < -0.3 is 4.74 Å². The molecule has 4 heteroatoms. The van der Waals surface area contributed by atoms with Gasteiger partial charge in [-0.1, -0.05) is 0 Å². The van der Waals surface area contributed by atoms with Crippen LogP contribution < -0.4 is 0 Å². The molecule has 0 radical (unpaired) electrons. The molecule has 0 N–H and O–H groups in total. The second-order valence-corrected chi connectivity index (χ2v) is 2.85. The first-order chi connectivity index (χ1) is 5.20. The molecule has 0 aromatic heterocycles. The van der Waals surface area contributed by atoms with E-state index in [0.717, 1.165) is 0 Å². The van der Waals surface area contributed by atoms with E-state index in [9.17, 15) is 8.78 Å². The van der Waals surface area contributed by atoms with Crippen molar-refractivity contribution in [3.8, 4) is 0 Å². The van der Waals surface area contributed by atoms with Crippen molar-refractivity contribution in [2.24, 2.45) is 0 Å². The Bertz CT molecular complexity index is 117. The van der Waals surface area contributed by atoms with E-state index < -0.39 is 6.43 Å². The molecule has 0 aromatic rings. The summed E-state index contributed by atoms with van der Waals surface area (Å²) in [6, 6.07) is 0.369. The minimum atomic E-state index is -2.18. The Balaban J connectivity index is 2.05. The zero-order valence-corrected chi connectivity index (χ0v) is 6.59. The maximum absolute atomic E-state index is 11.7. The lowest BCUT2D eigenvalue weighted by Crippen LogP contribution is -2.47. The molecule has 0 saturated carbocycles. The van der Waals surface area contributed by atoms with Gasteiger partial charge >= 0.3 is 0 Å². The molecular weight excluding hydrogens is 152 g/mol. The van der Waals surface area contributed by atoms with E-state index in [1.165, 1.54) is 0 Å². The summed E-state index contributed by atoms with van der Waals surface area (Å²) in [6.45, 7) is 1.85. The van der Waals surface area contributed by atoms with Gasteiger partial charge in [0, 0.05) is 13.0 Å². The summed E-state index contributed by atoms with van der Waals surface area (Å²) >= 11 is 0. The molecule has 1 aliphatic rings. The maximum Gasteiger partial charge on any atom is 0.239 e.